The first-order chi connectivity index (χ1) is 25.9. The fraction of sp³-hybridized carbons (Fsp3) is 0.353. The lowest BCUT2D eigenvalue weighted by Crippen LogP contribution is -2.41. The first kappa shape index (κ1) is 40.4. The summed E-state index contributed by atoms with van der Waals surface area (Å²) in [6.07, 6.45) is -3.16. The Hall–Kier alpha value is -5.79. The molecule has 4 aromatic rings. The first-order valence-electron chi connectivity index (χ1n) is 16.5. The van der Waals surface area contributed by atoms with Gasteiger partial charge >= 0.3 is 30.0 Å². The highest BCUT2D eigenvalue weighted by atomic mass is 35.5. The van der Waals surface area contributed by atoms with Crippen LogP contribution in [0.5, 0.6) is 0 Å². The quantitative estimate of drug-likeness (QED) is 0.118. The molecule has 6 bridgehead atoms. The number of nitrogens with zero attached hydrogens (tertiary/aromatic N) is 5. The standard InChI is InChI=1S/C30H32ClN9O3.C4F6O2/c1-17-27(18(2)43-39-17)37-30(42)40-9-7-19(8-10-40)12-26(41)36-25-6-5-22-13-21(25)4-3-20-11-23(15-32-14-20)35-29-33-16-24(31)28(34-22)38-29;5-3(6,7)1(11)2(12)4(8,9)10/h5-6,11,13-16,19H,3-4,7-10,12H2,1-2H3,(H,36,41)(H,37,42)(H2,33,34,35,38);. The maximum Gasteiger partial charge on any atom is 0.458 e. The Balaban J connectivity index is 0.000000418. The number of halogens is 7. The number of alkyl halides is 6. The molecule has 0 spiro atoms. The molecule has 5 heterocycles. The Bertz CT molecular complexity index is 2040. The number of urea groups is 1. The Kier molecular flexibility index (Phi) is 12.3. The lowest BCUT2D eigenvalue weighted by atomic mass is 9.93. The summed E-state index contributed by atoms with van der Waals surface area (Å²) >= 11 is 6.38. The summed E-state index contributed by atoms with van der Waals surface area (Å²) in [6.45, 7) is 4.71. The van der Waals surface area contributed by atoms with Crippen LogP contribution in [0.4, 0.5) is 65.7 Å². The number of anilines is 6. The molecular formula is C34H32ClF6N9O5. The average molecular weight is 796 g/mol. The molecule has 0 atom stereocenters. The van der Waals surface area contributed by atoms with Gasteiger partial charge in [-0.1, -0.05) is 16.8 Å². The zero-order valence-electron chi connectivity index (χ0n) is 29.0. The Morgan fingerprint density at radius 2 is 1.60 bits per heavy atom. The van der Waals surface area contributed by atoms with Crippen molar-refractivity contribution >= 4 is 69.6 Å². The molecule has 1 fully saturated rings. The Morgan fingerprint density at radius 3 is 2.24 bits per heavy atom. The molecule has 0 saturated carbocycles. The van der Waals surface area contributed by atoms with E-state index >= 15 is 0 Å². The molecule has 3 aromatic heterocycles. The number of fused-ring (bicyclic) bond motifs is 6. The van der Waals surface area contributed by atoms with Crippen LogP contribution in [0.1, 0.15) is 41.8 Å². The number of benzene rings is 1. The number of ketones is 2. The van der Waals surface area contributed by atoms with Crippen LogP contribution in [0.15, 0.2) is 47.4 Å². The van der Waals surface area contributed by atoms with Crippen molar-refractivity contribution < 1.29 is 50.0 Å². The minimum Gasteiger partial charge on any atom is -0.359 e. The van der Waals surface area contributed by atoms with Gasteiger partial charge in [-0.05, 0) is 80.8 Å². The molecule has 55 heavy (non-hydrogen) atoms. The van der Waals surface area contributed by atoms with Gasteiger partial charge in [0.25, 0.3) is 0 Å². The van der Waals surface area contributed by atoms with Crippen molar-refractivity contribution in [3.63, 3.8) is 0 Å². The highest BCUT2D eigenvalue weighted by molar-refractivity contribution is 6.41. The van der Waals surface area contributed by atoms with E-state index < -0.39 is 23.9 Å². The van der Waals surface area contributed by atoms with Gasteiger partial charge in [-0.15, -0.1) is 0 Å². The van der Waals surface area contributed by atoms with E-state index in [1.54, 1.807) is 31.1 Å². The van der Waals surface area contributed by atoms with Crippen LogP contribution < -0.4 is 21.3 Å². The number of carbonyl (C=O) groups excluding carboxylic acids is 4. The van der Waals surface area contributed by atoms with E-state index in [2.05, 4.69) is 41.4 Å². The van der Waals surface area contributed by atoms with Crippen LogP contribution in [-0.4, -0.2) is 74.0 Å². The highest BCUT2D eigenvalue weighted by Gasteiger charge is 2.54. The number of Topliss-reactive ketones (excluding diaryl/α,β-unsaturated/α-hetero) is 2. The molecule has 0 aliphatic carbocycles. The maximum absolute atomic E-state index is 13.2. The Labute approximate surface area is 313 Å². The van der Waals surface area contributed by atoms with E-state index in [1.165, 1.54) is 0 Å². The van der Waals surface area contributed by atoms with Gasteiger partial charge in [0.05, 0.1) is 18.1 Å². The van der Waals surface area contributed by atoms with E-state index in [4.69, 9.17) is 16.1 Å². The second-order valence-corrected chi connectivity index (χ2v) is 13.0. The largest absolute Gasteiger partial charge is 0.458 e. The molecule has 2 aliphatic heterocycles. The molecule has 1 aromatic carbocycles. The van der Waals surface area contributed by atoms with Gasteiger partial charge in [-0.2, -0.15) is 31.3 Å². The lowest BCUT2D eigenvalue weighted by molar-refractivity contribution is -0.193. The summed E-state index contributed by atoms with van der Waals surface area (Å²) < 4.78 is 72.1. The molecule has 6 rings (SSSR count). The molecule has 14 nitrogen and oxygen atoms in total. The monoisotopic (exact) mass is 795 g/mol. The van der Waals surface area contributed by atoms with Crippen LogP contribution in [0.3, 0.4) is 0 Å². The normalized spacial score (nSPS) is 14.4. The summed E-state index contributed by atoms with van der Waals surface area (Å²) in [7, 11) is 0. The van der Waals surface area contributed by atoms with Gasteiger partial charge < -0.3 is 30.7 Å². The molecule has 4 N–H and O–H groups in total. The van der Waals surface area contributed by atoms with Crippen LogP contribution in [-0.2, 0) is 27.2 Å². The van der Waals surface area contributed by atoms with Crippen molar-refractivity contribution in [2.75, 3.05) is 34.4 Å². The minimum absolute atomic E-state index is 0.0464. The predicted molar refractivity (Wildman–Crippen MR) is 186 cm³/mol. The molecule has 3 amide bonds. The van der Waals surface area contributed by atoms with Gasteiger partial charge in [-0.25, -0.2) is 9.78 Å². The number of likely N-dealkylation sites (tertiary alicyclic amines) is 1. The van der Waals surface area contributed by atoms with Crippen LogP contribution in [0, 0.1) is 19.8 Å². The highest BCUT2D eigenvalue weighted by Crippen LogP contribution is 2.31. The second-order valence-electron chi connectivity index (χ2n) is 12.6. The van der Waals surface area contributed by atoms with Crippen LogP contribution >= 0.6 is 11.6 Å². The van der Waals surface area contributed by atoms with E-state index in [9.17, 15) is 45.5 Å². The van der Waals surface area contributed by atoms with Crippen molar-refractivity contribution in [3.8, 4) is 0 Å². The maximum atomic E-state index is 13.2. The summed E-state index contributed by atoms with van der Waals surface area (Å²) in [5.74, 6) is -5.23. The molecule has 21 heteroatoms. The summed E-state index contributed by atoms with van der Waals surface area (Å²) in [5.41, 5.74) is 5.61. The van der Waals surface area contributed by atoms with Gasteiger partial charge in [0, 0.05) is 37.1 Å². The minimum atomic E-state index is -5.77. The predicted octanol–water partition coefficient (Wildman–Crippen LogP) is 7.24. The summed E-state index contributed by atoms with van der Waals surface area (Å²) in [5, 5.41) is 16.8. The molecule has 0 radical (unpaired) electrons. The number of amides is 3. The number of hydrogen-bond donors (Lipinski definition) is 4. The first-order valence-corrected chi connectivity index (χ1v) is 16.9. The van der Waals surface area contributed by atoms with E-state index in [0.29, 0.717) is 59.9 Å². The molecule has 1 saturated heterocycles. The third-order valence-electron chi connectivity index (χ3n) is 8.48. The number of piperidine rings is 1. The third kappa shape index (κ3) is 10.7. The lowest BCUT2D eigenvalue weighted by Gasteiger charge is -2.31. The molecule has 292 valence electrons. The molecule has 0 unspecified atom stereocenters. The zero-order chi connectivity index (χ0) is 40.1. The van der Waals surface area contributed by atoms with Gasteiger partial charge in [0.1, 0.15) is 16.4 Å². The van der Waals surface area contributed by atoms with E-state index in [1.807, 2.05) is 30.5 Å². The van der Waals surface area contributed by atoms with Crippen LogP contribution in [0.25, 0.3) is 0 Å². The fourth-order valence-corrected chi connectivity index (χ4v) is 5.80. The number of pyridine rings is 1. The smallest absolute Gasteiger partial charge is 0.359 e. The number of rotatable bonds is 5. The second kappa shape index (κ2) is 16.7. The van der Waals surface area contributed by atoms with E-state index in [-0.39, 0.29) is 17.9 Å². The van der Waals surface area contributed by atoms with Crippen molar-refractivity contribution in [3.05, 3.63) is 70.5 Å². The third-order valence-corrected chi connectivity index (χ3v) is 8.76. The van der Waals surface area contributed by atoms with E-state index in [0.717, 1.165) is 47.5 Å². The fourth-order valence-electron chi connectivity index (χ4n) is 5.66. The van der Waals surface area contributed by atoms with Crippen molar-refractivity contribution in [1.82, 2.24) is 25.0 Å². The zero-order valence-corrected chi connectivity index (χ0v) is 29.7. The number of carbonyl (C=O) groups is 4. The number of nitrogens with one attached hydrogen (secondary N) is 4. The topological polar surface area (TPSA) is 184 Å². The van der Waals surface area contributed by atoms with Crippen molar-refractivity contribution in [2.24, 2.45) is 5.92 Å². The van der Waals surface area contributed by atoms with Crippen molar-refractivity contribution in [2.45, 2.75) is 58.3 Å². The van der Waals surface area contributed by atoms with Gasteiger partial charge in [0.15, 0.2) is 11.6 Å². The summed E-state index contributed by atoms with van der Waals surface area (Å²) in [6, 6.07) is 7.63. The number of aryl methyl sites for hydroxylation is 4. The van der Waals surface area contributed by atoms with Gasteiger partial charge in [0.2, 0.25) is 11.9 Å². The molecule has 2 aliphatic rings. The van der Waals surface area contributed by atoms with Crippen LogP contribution in [0.2, 0.25) is 5.02 Å². The van der Waals surface area contributed by atoms with Gasteiger partial charge in [-0.3, -0.25) is 19.4 Å². The summed E-state index contributed by atoms with van der Waals surface area (Å²) in [4.78, 5) is 60.1. The van der Waals surface area contributed by atoms with Crippen molar-refractivity contribution in [1.29, 1.82) is 0 Å². The number of aromatic nitrogens is 4. The number of hydrogen-bond acceptors (Lipinski definition) is 11. The average Bonchev–Trinajstić information content (AvgIpc) is 3.44. The SMILES string of the molecule is Cc1noc(C)c1NC(=O)N1CCC(CC(=O)Nc2ccc3cc2CCc2cncc(c2)Nc2ncc(Cl)c(n2)N3)CC1.O=C(C(=O)C(F)(F)F)C(F)(F)F. The Morgan fingerprint density at radius 1 is 0.909 bits per heavy atom. The molecular weight excluding hydrogens is 764 g/mol.